The maximum atomic E-state index is 11.4. The number of hydrogen-bond donors (Lipinski definition) is 1. The van der Waals surface area contributed by atoms with Crippen LogP contribution < -0.4 is 4.74 Å². The van der Waals surface area contributed by atoms with Gasteiger partial charge in [0.1, 0.15) is 11.3 Å². The molecule has 0 saturated heterocycles. The highest BCUT2D eigenvalue weighted by atomic mass is 32.1. The molecule has 100 valence electrons. The first-order valence-corrected chi connectivity index (χ1v) is 6.87. The number of aromatic carboxylic acids is 1. The molecule has 1 aromatic heterocycles. The van der Waals surface area contributed by atoms with Crippen molar-refractivity contribution in [2.24, 2.45) is 0 Å². The number of ether oxygens (including phenoxy) is 1. The van der Waals surface area contributed by atoms with E-state index in [0.717, 1.165) is 16.5 Å². The first kappa shape index (κ1) is 12.6. The van der Waals surface area contributed by atoms with Crippen LogP contribution >= 0.6 is 11.3 Å². The standard InChI is InChI=1S/C15H11NO3S/c1-9-8-20-15(16-9)19-13-7-11-5-3-2-4-10(11)6-12(13)14(17)18/h2-8H,1H3,(H,17,18). The fraction of sp³-hybridized carbons (Fsp3) is 0.0667. The van der Waals surface area contributed by atoms with Gasteiger partial charge in [-0.05, 0) is 29.8 Å². The van der Waals surface area contributed by atoms with Crippen molar-refractivity contribution in [2.75, 3.05) is 0 Å². The summed E-state index contributed by atoms with van der Waals surface area (Å²) in [6, 6.07) is 10.9. The highest BCUT2D eigenvalue weighted by Gasteiger charge is 2.14. The largest absolute Gasteiger partial charge is 0.478 e. The zero-order valence-electron chi connectivity index (χ0n) is 10.7. The molecule has 0 aliphatic heterocycles. The number of rotatable bonds is 3. The Morgan fingerprint density at radius 3 is 2.55 bits per heavy atom. The number of carbonyl (C=O) groups is 1. The van der Waals surface area contributed by atoms with E-state index in [2.05, 4.69) is 4.98 Å². The number of aryl methyl sites for hydroxylation is 1. The molecule has 0 atom stereocenters. The first-order valence-electron chi connectivity index (χ1n) is 5.99. The van der Waals surface area contributed by atoms with Crippen LogP contribution in [0.3, 0.4) is 0 Å². The lowest BCUT2D eigenvalue weighted by molar-refractivity contribution is 0.0694. The summed E-state index contributed by atoms with van der Waals surface area (Å²) in [5.74, 6) is -0.704. The molecule has 20 heavy (non-hydrogen) atoms. The Hall–Kier alpha value is -2.40. The van der Waals surface area contributed by atoms with E-state index >= 15 is 0 Å². The van der Waals surface area contributed by atoms with Crippen LogP contribution in [-0.2, 0) is 0 Å². The number of thiazole rings is 1. The molecule has 2 aromatic carbocycles. The molecule has 5 heteroatoms. The topological polar surface area (TPSA) is 59.4 Å². The summed E-state index contributed by atoms with van der Waals surface area (Å²) in [6.07, 6.45) is 0. The highest BCUT2D eigenvalue weighted by molar-refractivity contribution is 7.11. The third-order valence-electron chi connectivity index (χ3n) is 2.87. The number of nitrogens with zero attached hydrogens (tertiary/aromatic N) is 1. The Kier molecular flexibility index (Phi) is 3.12. The van der Waals surface area contributed by atoms with E-state index in [1.54, 1.807) is 12.1 Å². The zero-order valence-corrected chi connectivity index (χ0v) is 11.5. The van der Waals surface area contributed by atoms with Gasteiger partial charge in [-0.15, -0.1) is 0 Å². The minimum absolute atomic E-state index is 0.136. The van der Waals surface area contributed by atoms with Crippen molar-refractivity contribution in [3.63, 3.8) is 0 Å². The van der Waals surface area contributed by atoms with Crippen LogP contribution in [0.4, 0.5) is 0 Å². The van der Waals surface area contributed by atoms with Crippen LogP contribution in [0.2, 0.25) is 0 Å². The van der Waals surface area contributed by atoms with Gasteiger partial charge in [-0.25, -0.2) is 9.78 Å². The van der Waals surface area contributed by atoms with Crippen LogP contribution in [0.1, 0.15) is 16.1 Å². The van der Waals surface area contributed by atoms with Crippen LogP contribution in [0, 0.1) is 6.92 Å². The van der Waals surface area contributed by atoms with Crippen molar-refractivity contribution in [2.45, 2.75) is 6.92 Å². The fourth-order valence-electron chi connectivity index (χ4n) is 1.94. The average Bonchev–Trinajstić information content (AvgIpc) is 2.83. The number of hydrogen-bond acceptors (Lipinski definition) is 4. The number of carboxylic acids is 1. The van der Waals surface area contributed by atoms with E-state index in [9.17, 15) is 9.90 Å². The second-order valence-corrected chi connectivity index (χ2v) is 5.18. The van der Waals surface area contributed by atoms with Gasteiger partial charge in [0.2, 0.25) is 0 Å². The Balaban J connectivity index is 2.11. The molecule has 0 amide bonds. The number of aromatic nitrogens is 1. The van der Waals surface area contributed by atoms with Gasteiger partial charge < -0.3 is 9.84 Å². The van der Waals surface area contributed by atoms with Crippen LogP contribution in [0.5, 0.6) is 10.9 Å². The predicted molar refractivity (Wildman–Crippen MR) is 77.8 cm³/mol. The molecule has 0 bridgehead atoms. The minimum atomic E-state index is -1.01. The average molecular weight is 285 g/mol. The SMILES string of the molecule is Cc1csc(Oc2cc3ccccc3cc2C(=O)O)n1. The number of carboxylic acid groups (broad SMARTS) is 1. The Morgan fingerprint density at radius 2 is 1.95 bits per heavy atom. The summed E-state index contributed by atoms with van der Waals surface area (Å²) in [5, 5.41) is 13.4. The van der Waals surface area contributed by atoms with E-state index in [4.69, 9.17) is 4.74 Å². The summed E-state index contributed by atoms with van der Waals surface area (Å²) in [4.78, 5) is 15.6. The van der Waals surface area contributed by atoms with E-state index in [-0.39, 0.29) is 5.56 Å². The lowest BCUT2D eigenvalue weighted by Gasteiger charge is -2.08. The Morgan fingerprint density at radius 1 is 1.25 bits per heavy atom. The van der Waals surface area contributed by atoms with Gasteiger partial charge in [0.15, 0.2) is 0 Å². The lowest BCUT2D eigenvalue weighted by atomic mass is 10.1. The van der Waals surface area contributed by atoms with Gasteiger partial charge in [0.25, 0.3) is 5.19 Å². The molecule has 0 aliphatic carbocycles. The third kappa shape index (κ3) is 2.35. The monoisotopic (exact) mass is 285 g/mol. The molecule has 1 N–H and O–H groups in total. The van der Waals surface area contributed by atoms with Crippen molar-refractivity contribution in [3.8, 4) is 10.9 Å². The highest BCUT2D eigenvalue weighted by Crippen LogP contribution is 2.31. The molecular weight excluding hydrogens is 274 g/mol. The van der Waals surface area contributed by atoms with Crippen molar-refractivity contribution < 1.29 is 14.6 Å². The lowest BCUT2D eigenvalue weighted by Crippen LogP contribution is -2.00. The van der Waals surface area contributed by atoms with Gasteiger partial charge in [-0.1, -0.05) is 35.6 Å². The number of fused-ring (bicyclic) bond motifs is 1. The Bertz CT molecular complexity index is 795. The molecule has 3 aromatic rings. The van der Waals surface area contributed by atoms with Crippen LogP contribution in [0.25, 0.3) is 10.8 Å². The van der Waals surface area contributed by atoms with E-state index in [1.165, 1.54) is 11.3 Å². The molecule has 0 unspecified atom stereocenters. The zero-order chi connectivity index (χ0) is 14.1. The third-order valence-corrected chi connectivity index (χ3v) is 3.71. The summed E-state index contributed by atoms with van der Waals surface area (Å²) < 4.78 is 5.63. The normalized spacial score (nSPS) is 10.7. The van der Waals surface area contributed by atoms with Crippen molar-refractivity contribution >= 4 is 28.1 Å². The second kappa shape index (κ2) is 4.94. The first-order chi connectivity index (χ1) is 9.63. The molecular formula is C15H11NO3S. The fourth-order valence-corrected chi connectivity index (χ4v) is 2.60. The maximum Gasteiger partial charge on any atom is 0.339 e. The van der Waals surface area contributed by atoms with Gasteiger partial charge in [-0.2, -0.15) is 0 Å². The van der Waals surface area contributed by atoms with E-state index in [0.29, 0.717) is 10.9 Å². The van der Waals surface area contributed by atoms with E-state index < -0.39 is 5.97 Å². The maximum absolute atomic E-state index is 11.4. The molecule has 0 spiro atoms. The second-order valence-electron chi connectivity index (χ2n) is 4.36. The predicted octanol–water partition coefficient (Wildman–Crippen LogP) is 4.10. The molecule has 0 radical (unpaired) electrons. The molecule has 3 rings (SSSR count). The van der Waals surface area contributed by atoms with E-state index in [1.807, 2.05) is 36.6 Å². The molecule has 0 fully saturated rings. The van der Waals surface area contributed by atoms with Gasteiger partial charge in [0.05, 0.1) is 5.69 Å². The van der Waals surface area contributed by atoms with Crippen molar-refractivity contribution in [3.05, 3.63) is 53.0 Å². The molecule has 0 aliphatic rings. The summed E-state index contributed by atoms with van der Waals surface area (Å²) >= 11 is 1.34. The van der Waals surface area contributed by atoms with Crippen molar-refractivity contribution in [1.82, 2.24) is 4.98 Å². The molecule has 1 heterocycles. The van der Waals surface area contributed by atoms with Crippen molar-refractivity contribution in [1.29, 1.82) is 0 Å². The van der Waals surface area contributed by atoms with Gasteiger partial charge in [-0.3, -0.25) is 0 Å². The Labute approximate surface area is 119 Å². The number of benzene rings is 2. The van der Waals surface area contributed by atoms with Crippen LogP contribution in [0.15, 0.2) is 41.8 Å². The summed E-state index contributed by atoms with van der Waals surface area (Å²) in [6.45, 7) is 1.86. The van der Waals surface area contributed by atoms with Gasteiger partial charge in [0, 0.05) is 5.38 Å². The molecule has 4 nitrogen and oxygen atoms in total. The molecule has 0 saturated carbocycles. The smallest absolute Gasteiger partial charge is 0.339 e. The quantitative estimate of drug-likeness (QED) is 0.787. The summed E-state index contributed by atoms with van der Waals surface area (Å²) in [7, 11) is 0. The minimum Gasteiger partial charge on any atom is -0.478 e. The summed E-state index contributed by atoms with van der Waals surface area (Å²) in [5.41, 5.74) is 0.985. The van der Waals surface area contributed by atoms with Gasteiger partial charge >= 0.3 is 5.97 Å². The van der Waals surface area contributed by atoms with Crippen LogP contribution in [-0.4, -0.2) is 16.1 Å².